The molecule has 0 spiro atoms. The maximum atomic E-state index is 12.4. The molecule has 0 aliphatic rings. The molecule has 0 saturated carbocycles. The molecule has 7 heteroatoms. The van der Waals surface area contributed by atoms with Gasteiger partial charge in [-0.2, -0.15) is 0 Å². The molecule has 0 bridgehead atoms. The second kappa shape index (κ2) is 15.0. The summed E-state index contributed by atoms with van der Waals surface area (Å²) in [5, 5.41) is 3.81. The number of ether oxygens (including phenoxy) is 2. The lowest BCUT2D eigenvalue weighted by Crippen LogP contribution is -2.18. The smallest absolute Gasteiger partial charge is 0.336 e. The van der Waals surface area contributed by atoms with Gasteiger partial charge in [0, 0.05) is 38.0 Å². The van der Waals surface area contributed by atoms with Crippen molar-refractivity contribution in [2.45, 2.75) is 52.7 Å². The maximum Gasteiger partial charge on any atom is 0.336 e. The molecular formula is C35H32O4S3. The Hall–Kier alpha value is -3.65. The van der Waals surface area contributed by atoms with Crippen LogP contribution in [0.15, 0.2) is 140 Å². The highest BCUT2D eigenvalue weighted by atomic mass is 32.2. The Kier molecular flexibility index (Phi) is 11.2. The van der Waals surface area contributed by atoms with Crippen molar-refractivity contribution in [2.75, 3.05) is 0 Å². The van der Waals surface area contributed by atoms with E-state index in [1.54, 1.807) is 53.2 Å². The van der Waals surface area contributed by atoms with Crippen molar-refractivity contribution in [1.82, 2.24) is 0 Å². The Morgan fingerprint density at radius 1 is 0.619 bits per heavy atom. The van der Waals surface area contributed by atoms with Crippen molar-refractivity contribution in [3.05, 3.63) is 131 Å². The molecule has 4 rings (SSSR count). The molecule has 0 saturated heterocycles. The van der Waals surface area contributed by atoms with Crippen LogP contribution in [0.5, 0.6) is 11.5 Å². The molecule has 0 aromatic heterocycles. The van der Waals surface area contributed by atoms with Crippen LogP contribution in [-0.2, 0) is 15.0 Å². The number of hydrogen-bond acceptors (Lipinski definition) is 7. The molecule has 4 aromatic rings. The molecule has 42 heavy (non-hydrogen) atoms. The van der Waals surface area contributed by atoms with Crippen molar-refractivity contribution >= 4 is 47.2 Å². The van der Waals surface area contributed by atoms with E-state index < -0.39 is 5.97 Å². The summed E-state index contributed by atoms with van der Waals surface area (Å²) < 4.78 is 10.6. The van der Waals surface area contributed by atoms with Crippen molar-refractivity contribution in [2.24, 2.45) is 0 Å². The van der Waals surface area contributed by atoms with Crippen LogP contribution < -0.4 is 9.47 Å². The fourth-order valence-corrected chi connectivity index (χ4v) is 6.02. The molecule has 4 nitrogen and oxygen atoms in total. The van der Waals surface area contributed by atoms with E-state index in [0.29, 0.717) is 11.5 Å². The van der Waals surface area contributed by atoms with E-state index in [1.165, 1.54) is 34.6 Å². The van der Waals surface area contributed by atoms with Crippen LogP contribution in [0.1, 0.15) is 38.8 Å². The molecule has 214 valence electrons. The number of thioether (sulfide) groups is 2. The normalized spacial score (nSPS) is 11.6. The fraction of sp³-hybridized carbons (Fsp3) is 0.143. The topological polar surface area (TPSA) is 52.6 Å². The molecule has 0 amide bonds. The highest BCUT2D eigenvalue weighted by Crippen LogP contribution is 2.34. The first kappa shape index (κ1) is 31.3. The minimum Gasteiger partial charge on any atom is -0.427 e. The largest absolute Gasteiger partial charge is 0.427 e. The van der Waals surface area contributed by atoms with Gasteiger partial charge in [0.15, 0.2) is 0 Å². The quantitative estimate of drug-likeness (QED) is 0.0723. The summed E-state index contributed by atoms with van der Waals surface area (Å²) in [7, 11) is 0. The Morgan fingerprint density at radius 2 is 1.05 bits per heavy atom. The highest BCUT2D eigenvalue weighted by molar-refractivity contribution is 8.02. The van der Waals surface area contributed by atoms with Gasteiger partial charge in [-0.15, -0.1) is 0 Å². The lowest BCUT2D eigenvalue weighted by atomic mass is 9.78. The van der Waals surface area contributed by atoms with Crippen LogP contribution in [0, 0.1) is 0 Å². The summed E-state index contributed by atoms with van der Waals surface area (Å²) in [5.41, 5.74) is 1.84. The molecule has 0 N–H and O–H groups in total. The SMILES string of the molecule is CC=CSc1ccc(Sc2ccc(SC=CC(=O)Oc3ccc(C(C)(C)c4ccc(OC(C)=O)cc4)cc3)cc2)cc1. The standard InChI is InChI=1S/C35H32O4S3/c1-5-23-40-30-14-18-32(19-15-30)42-33-20-16-31(17-21-33)41-24-22-34(37)39-29-12-8-27(9-13-29)35(3,4)26-6-10-28(11-7-26)38-25(2)36/h5-24H,1-4H3. The van der Waals surface area contributed by atoms with Crippen LogP contribution in [-0.4, -0.2) is 11.9 Å². The average molecular weight is 613 g/mol. The molecular weight excluding hydrogens is 581 g/mol. The predicted octanol–water partition coefficient (Wildman–Crippen LogP) is 9.93. The van der Waals surface area contributed by atoms with Crippen molar-refractivity contribution in [1.29, 1.82) is 0 Å². The summed E-state index contributed by atoms with van der Waals surface area (Å²) >= 11 is 4.89. The molecule has 0 aliphatic heterocycles. The van der Waals surface area contributed by atoms with Crippen LogP contribution in [0.3, 0.4) is 0 Å². The molecule has 0 radical (unpaired) electrons. The second-order valence-corrected chi connectivity index (χ2v) is 12.8. The van der Waals surface area contributed by atoms with Gasteiger partial charge in [0.05, 0.1) is 0 Å². The summed E-state index contributed by atoms with van der Waals surface area (Å²) in [4.78, 5) is 28.2. The summed E-state index contributed by atoms with van der Waals surface area (Å²) in [6.45, 7) is 7.62. The average Bonchev–Trinajstić information content (AvgIpc) is 2.98. The number of esters is 2. The number of rotatable bonds is 11. The second-order valence-electron chi connectivity index (χ2n) is 9.74. The lowest BCUT2D eigenvalue weighted by Gasteiger charge is -2.26. The predicted molar refractivity (Wildman–Crippen MR) is 175 cm³/mol. The number of allylic oxidation sites excluding steroid dienone is 1. The maximum absolute atomic E-state index is 12.4. The highest BCUT2D eigenvalue weighted by Gasteiger charge is 2.23. The summed E-state index contributed by atoms with van der Waals surface area (Å²) in [5.74, 6) is 0.221. The van der Waals surface area contributed by atoms with E-state index in [-0.39, 0.29) is 11.4 Å². The molecule has 0 atom stereocenters. The van der Waals surface area contributed by atoms with E-state index >= 15 is 0 Å². The third-order valence-electron chi connectivity index (χ3n) is 6.26. The van der Waals surface area contributed by atoms with Gasteiger partial charge in [-0.05, 0) is 102 Å². The fourth-order valence-electron chi connectivity index (χ4n) is 3.99. The zero-order chi connectivity index (χ0) is 30.0. The van der Waals surface area contributed by atoms with Gasteiger partial charge in [0.1, 0.15) is 11.5 Å². The Bertz CT molecular complexity index is 1540. The van der Waals surface area contributed by atoms with Crippen molar-refractivity contribution in [3.8, 4) is 11.5 Å². The minimum atomic E-state index is -0.432. The first-order valence-electron chi connectivity index (χ1n) is 13.3. The Morgan fingerprint density at radius 3 is 1.50 bits per heavy atom. The van der Waals surface area contributed by atoms with Crippen molar-refractivity contribution in [3.63, 3.8) is 0 Å². The van der Waals surface area contributed by atoms with Crippen LogP contribution in [0.25, 0.3) is 0 Å². The zero-order valence-corrected chi connectivity index (χ0v) is 26.4. The first-order valence-corrected chi connectivity index (χ1v) is 15.9. The molecule has 0 unspecified atom stereocenters. The molecule has 0 aliphatic carbocycles. The van der Waals surface area contributed by atoms with Crippen LogP contribution in [0.4, 0.5) is 0 Å². The first-order chi connectivity index (χ1) is 20.2. The Balaban J connectivity index is 1.26. The molecule has 0 heterocycles. The van der Waals surface area contributed by atoms with Crippen molar-refractivity contribution < 1.29 is 19.1 Å². The van der Waals surface area contributed by atoms with Gasteiger partial charge in [-0.1, -0.05) is 79.5 Å². The summed E-state index contributed by atoms with van der Waals surface area (Å²) in [6.07, 6.45) is 3.47. The van der Waals surface area contributed by atoms with Gasteiger partial charge >= 0.3 is 11.9 Å². The minimum absolute atomic E-state index is 0.294. The zero-order valence-electron chi connectivity index (χ0n) is 23.9. The van der Waals surface area contributed by atoms with E-state index in [1.807, 2.05) is 49.4 Å². The third kappa shape index (κ3) is 9.18. The van der Waals surface area contributed by atoms with Crippen LogP contribution in [0.2, 0.25) is 0 Å². The van der Waals surface area contributed by atoms with Gasteiger partial charge in [0.2, 0.25) is 0 Å². The number of benzene rings is 4. The monoisotopic (exact) mass is 612 g/mol. The van der Waals surface area contributed by atoms with Gasteiger partial charge in [-0.25, -0.2) is 4.79 Å². The lowest BCUT2D eigenvalue weighted by molar-refractivity contribution is -0.132. The molecule has 4 aromatic carbocycles. The number of carbonyl (C=O) groups excluding carboxylic acids is 2. The molecule has 0 fully saturated rings. The van der Waals surface area contributed by atoms with E-state index in [2.05, 4.69) is 55.7 Å². The van der Waals surface area contributed by atoms with E-state index in [4.69, 9.17) is 9.47 Å². The van der Waals surface area contributed by atoms with Crippen LogP contribution >= 0.6 is 35.3 Å². The van der Waals surface area contributed by atoms with Gasteiger partial charge in [-0.3, -0.25) is 4.79 Å². The van der Waals surface area contributed by atoms with E-state index in [9.17, 15) is 9.59 Å². The summed E-state index contributed by atoms with van der Waals surface area (Å²) in [6, 6.07) is 31.8. The van der Waals surface area contributed by atoms with Gasteiger partial charge in [0.25, 0.3) is 0 Å². The Labute approximate surface area is 260 Å². The van der Waals surface area contributed by atoms with Gasteiger partial charge < -0.3 is 9.47 Å². The number of hydrogen-bond donors (Lipinski definition) is 0. The van der Waals surface area contributed by atoms with E-state index in [0.717, 1.165) is 20.9 Å². The third-order valence-corrected chi connectivity index (χ3v) is 9.05. The number of carbonyl (C=O) groups is 2.